The number of fused-ring (bicyclic) bond motifs is 1. The van der Waals surface area contributed by atoms with Crippen LogP contribution in [0.4, 0.5) is 5.69 Å². The Kier molecular flexibility index (Phi) is 5.24. The van der Waals surface area contributed by atoms with E-state index >= 15 is 0 Å². The Labute approximate surface area is 135 Å². The first kappa shape index (κ1) is 16.8. The average molecular weight is 317 g/mol. The number of aromatic carboxylic acids is 1. The fourth-order valence-corrected chi connectivity index (χ4v) is 2.50. The molecule has 0 spiro atoms. The van der Waals surface area contributed by atoms with E-state index in [0.717, 1.165) is 12.8 Å². The number of ether oxygens (including phenoxy) is 2. The lowest BCUT2D eigenvalue weighted by Crippen LogP contribution is -2.45. The van der Waals surface area contributed by atoms with E-state index in [9.17, 15) is 14.7 Å². The first-order valence-electron chi connectivity index (χ1n) is 7.34. The molecule has 0 radical (unpaired) electrons. The van der Waals surface area contributed by atoms with E-state index in [4.69, 9.17) is 15.9 Å². The van der Waals surface area contributed by atoms with Gasteiger partial charge in [-0.1, -0.05) is 5.92 Å². The molecule has 1 aromatic carbocycles. The van der Waals surface area contributed by atoms with Crippen LogP contribution in [0, 0.1) is 12.3 Å². The van der Waals surface area contributed by atoms with Crippen LogP contribution in [0.3, 0.4) is 0 Å². The van der Waals surface area contributed by atoms with Crippen molar-refractivity contribution in [1.82, 2.24) is 0 Å². The predicted octanol–water partition coefficient (Wildman–Crippen LogP) is 1.91. The van der Waals surface area contributed by atoms with Crippen molar-refractivity contribution in [3.8, 4) is 18.1 Å². The van der Waals surface area contributed by atoms with Crippen LogP contribution in [-0.2, 0) is 9.53 Å². The lowest BCUT2D eigenvalue weighted by molar-refractivity contribution is -0.125. The quantitative estimate of drug-likeness (QED) is 0.640. The van der Waals surface area contributed by atoms with Gasteiger partial charge in [0.05, 0.1) is 11.3 Å². The van der Waals surface area contributed by atoms with E-state index in [1.165, 1.54) is 12.1 Å². The van der Waals surface area contributed by atoms with Crippen LogP contribution in [0.2, 0.25) is 0 Å². The van der Waals surface area contributed by atoms with E-state index in [1.54, 1.807) is 18.9 Å². The number of nitrogens with zero attached hydrogens (tertiary/aromatic N) is 1. The summed E-state index contributed by atoms with van der Waals surface area (Å²) < 4.78 is 10.6. The maximum absolute atomic E-state index is 12.4. The molecule has 122 valence electrons. The first-order chi connectivity index (χ1) is 11.0. The third-order valence-corrected chi connectivity index (χ3v) is 3.67. The zero-order chi connectivity index (χ0) is 17.0. The van der Waals surface area contributed by atoms with Crippen LogP contribution < -0.4 is 9.64 Å². The third kappa shape index (κ3) is 3.46. The highest BCUT2D eigenvalue weighted by Gasteiger charge is 2.32. The van der Waals surface area contributed by atoms with Crippen molar-refractivity contribution < 1.29 is 24.2 Å². The molecule has 6 nitrogen and oxygen atoms in total. The van der Waals surface area contributed by atoms with Crippen LogP contribution in [-0.4, -0.2) is 43.3 Å². The Balaban J connectivity index is 2.38. The number of carbonyl (C=O) groups is 2. The number of unbranched alkanes of at least 4 members (excludes halogenated alkanes) is 1. The molecule has 1 aromatic rings. The van der Waals surface area contributed by atoms with Crippen LogP contribution >= 0.6 is 0 Å². The smallest absolute Gasteiger partial charge is 0.337 e. The summed E-state index contributed by atoms with van der Waals surface area (Å²) in [7, 11) is 1.62. The monoisotopic (exact) mass is 317 g/mol. The van der Waals surface area contributed by atoms with Gasteiger partial charge < -0.3 is 19.5 Å². The molecule has 0 saturated heterocycles. The molecule has 0 aromatic heterocycles. The van der Waals surface area contributed by atoms with E-state index in [-0.39, 0.29) is 17.0 Å². The van der Waals surface area contributed by atoms with E-state index < -0.39 is 12.1 Å². The molecule has 0 aliphatic carbocycles. The van der Waals surface area contributed by atoms with Crippen molar-refractivity contribution in [1.29, 1.82) is 0 Å². The molecule has 0 unspecified atom stereocenters. The fourth-order valence-electron chi connectivity index (χ4n) is 2.50. The highest BCUT2D eigenvalue weighted by Crippen LogP contribution is 2.36. The Hall–Kier alpha value is -2.52. The number of rotatable bonds is 6. The van der Waals surface area contributed by atoms with E-state index in [2.05, 4.69) is 5.92 Å². The van der Waals surface area contributed by atoms with Gasteiger partial charge in [0.25, 0.3) is 5.91 Å². The number of carbonyl (C=O) groups excluding carboxylic acids is 1. The molecule has 0 saturated carbocycles. The Morgan fingerprint density at radius 1 is 1.48 bits per heavy atom. The SMILES string of the molecule is C#Cc1cc2c(cc1C(=O)O)N(CCCCOC)C(=O)[C@@H](C)O2. The molecule has 1 heterocycles. The lowest BCUT2D eigenvalue weighted by atomic mass is 10.0. The molecule has 0 fully saturated rings. The largest absolute Gasteiger partial charge is 0.479 e. The molecule has 6 heteroatoms. The molecule has 1 amide bonds. The summed E-state index contributed by atoms with van der Waals surface area (Å²) in [5.74, 6) is 1.45. The van der Waals surface area contributed by atoms with Crippen molar-refractivity contribution in [3.05, 3.63) is 23.3 Å². The topological polar surface area (TPSA) is 76.1 Å². The van der Waals surface area contributed by atoms with Crippen molar-refractivity contribution in [2.45, 2.75) is 25.9 Å². The summed E-state index contributed by atoms with van der Waals surface area (Å²) in [4.78, 5) is 25.3. The van der Waals surface area contributed by atoms with Crippen molar-refractivity contribution in [3.63, 3.8) is 0 Å². The summed E-state index contributed by atoms with van der Waals surface area (Å²) in [5.41, 5.74) is 0.665. The number of carboxylic acid groups (broad SMARTS) is 1. The standard InChI is InChI=1S/C17H19NO5/c1-4-12-9-15-14(10-13(12)17(20)21)18(7-5-6-8-22-3)16(19)11(2)23-15/h1,9-11H,5-8H2,2-3H3,(H,20,21)/t11-/m1/s1. The summed E-state index contributed by atoms with van der Waals surface area (Å²) in [6.07, 6.45) is 6.28. The molecule has 1 atom stereocenters. The van der Waals surface area contributed by atoms with Gasteiger partial charge in [0.2, 0.25) is 0 Å². The number of carboxylic acids is 1. The normalized spacial score (nSPS) is 16.5. The van der Waals surface area contributed by atoms with Gasteiger partial charge in [-0.15, -0.1) is 6.42 Å². The van der Waals surface area contributed by atoms with Gasteiger partial charge in [-0.05, 0) is 31.9 Å². The molecule has 23 heavy (non-hydrogen) atoms. The predicted molar refractivity (Wildman–Crippen MR) is 84.9 cm³/mol. The minimum Gasteiger partial charge on any atom is -0.479 e. The molecule has 1 aliphatic rings. The summed E-state index contributed by atoms with van der Waals surface area (Å²) in [6, 6.07) is 2.91. The summed E-state index contributed by atoms with van der Waals surface area (Å²) in [5, 5.41) is 9.29. The second-order valence-corrected chi connectivity index (χ2v) is 5.26. The molecular formula is C17H19NO5. The summed E-state index contributed by atoms with van der Waals surface area (Å²) >= 11 is 0. The highest BCUT2D eigenvalue weighted by atomic mass is 16.5. The van der Waals surface area contributed by atoms with Gasteiger partial charge in [0.1, 0.15) is 5.75 Å². The Morgan fingerprint density at radius 2 is 2.22 bits per heavy atom. The molecule has 2 rings (SSSR count). The van der Waals surface area contributed by atoms with Gasteiger partial charge >= 0.3 is 5.97 Å². The second kappa shape index (κ2) is 7.16. The van der Waals surface area contributed by atoms with Crippen LogP contribution in [0.15, 0.2) is 12.1 Å². The minimum absolute atomic E-state index is 0.0147. The number of benzene rings is 1. The lowest BCUT2D eigenvalue weighted by Gasteiger charge is -2.33. The first-order valence-corrected chi connectivity index (χ1v) is 7.34. The van der Waals surface area contributed by atoms with Gasteiger partial charge in [0.15, 0.2) is 6.10 Å². The Morgan fingerprint density at radius 3 is 2.83 bits per heavy atom. The van der Waals surface area contributed by atoms with Crippen LogP contribution in [0.1, 0.15) is 35.7 Å². The van der Waals surface area contributed by atoms with Gasteiger partial charge in [-0.25, -0.2) is 4.79 Å². The van der Waals surface area contributed by atoms with Crippen molar-refractivity contribution >= 4 is 17.6 Å². The maximum atomic E-state index is 12.4. The zero-order valence-electron chi connectivity index (χ0n) is 13.2. The summed E-state index contributed by atoms with van der Waals surface area (Å²) in [6.45, 7) is 2.74. The number of hydrogen-bond donors (Lipinski definition) is 1. The number of terminal acetylenes is 1. The van der Waals surface area contributed by atoms with Gasteiger partial charge in [0, 0.05) is 25.8 Å². The average Bonchev–Trinajstić information content (AvgIpc) is 2.53. The molecule has 0 bridgehead atoms. The number of methoxy groups -OCH3 is 1. The van der Waals surface area contributed by atoms with E-state index in [0.29, 0.717) is 24.6 Å². The number of amides is 1. The minimum atomic E-state index is -1.13. The van der Waals surface area contributed by atoms with Crippen LogP contribution in [0.5, 0.6) is 5.75 Å². The van der Waals surface area contributed by atoms with Gasteiger partial charge in [-0.2, -0.15) is 0 Å². The number of anilines is 1. The third-order valence-electron chi connectivity index (χ3n) is 3.67. The van der Waals surface area contributed by atoms with Crippen molar-refractivity contribution in [2.24, 2.45) is 0 Å². The maximum Gasteiger partial charge on any atom is 0.337 e. The second-order valence-electron chi connectivity index (χ2n) is 5.26. The van der Waals surface area contributed by atoms with E-state index in [1.807, 2.05) is 0 Å². The molecule has 1 aliphatic heterocycles. The molecular weight excluding hydrogens is 298 g/mol. The Bertz CT molecular complexity index is 662. The van der Waals surface area contributed by atoms with Crippen LogP contribution in [0.25, 0.3) is 0 Å². The van der Waals surface area contributed by atoms with Crippen molar-refractivity contribution in [2.75, 3.05) is 25.2 Å². The highest BCUT2D eigenvalue weighted by molar-refractivity contribution is 6.02. The fraction of sp³-hybridized carbons (Fsp3) is 0.412. The number of hydrogen-bond acceptors (Lipinski definition) is 4. The van der Waals surface area contributed by atoms with Gasteiger partial charge in [-0.3, -0.25) is 4.79 Å². The zero-order valence-corrected chi connectivity index (χ0v) is 13.2. The molecule has 1 N–H and O–H groups in total.